The molecule has 0 fully saturated rings. The highest BCUT2D eigenvalue weighted by Gasteiger charge is 2.27. The number of carbonyl (C=O) groups excluding carboxylic acids is 2. The number of rotatable bonds is 5. The minimum atomic E-state index is -0.644. The van der Waals surface area contributed by atoms with Crippen LogP contribution in [0.3, 0.4) is 0 Å². The van der Waals surface area contributed by atoms with Crippen molar-refractivity contribution in [2.24, 2.45) is 7.05 Å². The Morgan fingerprint density at radius 3 is 2.18 bits per heavy atom. The number of hydrogen-bond acceptors (Lipinski definition) is 4. The predicted octanol–water partition coefficient (Wildman–Crippen LogP) is 2.90. The number of para-hydroxylation sites is 1. The summed E-state index contributed by atoms with van der Waals surface area (Å²) in [5.41, 5.74) is 5.09. The van der Waals surface area contributed by atoms with E-state index in [1.807, 2.05) is 58.2 Å². The molecular weight excluding hydrogens is 354 g/mol. The summed E-state index contributed by atoms with van der Waals surface area (Å²) in [4.78, 5) is 25.6. The van der Waals surface area contributed by atoms with E-state index in [4.69, 9.17) is 0 Å². The van der Waals surface area contributed by atoms with E-state index in [0.717, 1.165) is 22.6 Å². The number of ketones is 1. The Balaban J connectivity index is 1.86. The van der Waals surface area contributed by atoms with Crippen LogP contribution in [-0.4, -0.2) is 31.3 Å². The molecule has 2 aromatic heterocycles. The molecule has 0 saturated carbocycles. The second-order valence-corrected chi connectivity index (χ2v) is 7.03. The topological polar surface area (TPSA) is 81.8 Å². The van der Waals surface area contributed by atoms with Gasteiger partial charge < -0.3 is 5.32 Å². The number of benzene rings is 1. The van der Waals surface area contributed by atoms with E-state index in [0.29, 0.717) is 17.0 Å². The van der Waals surface area contributed by atoms with Crippen LogP contribution in [0.4, 0.5) is 0 Å². The molecule has 3 rings (SSSR count). The van der Waals surface area contributed by atoms with Crippen LogP contribution < -0.4 is 5.32 Å². The van der Waals surface area contributed by atoms with Gasteiger partial charge in [0.25, 0.3) is 11.7 Å². The highest BCUT2D eigenvalue weighted by Crippen LogP contribution is 2.22. The van der Waals surface area contributed by atoms with E-state index in [2.05, 4.69) is 15.5 Å². The molecule has 146 valence electrons. The average Bonchev–Trinajstić information content (AvgIpc) is 3.09. The van der Waals surface area contributed by atoms with Gasteiger partial charge in [-0.1, -0.05) is 18.2 Å². The first-order chi connectivity index (χ1) is 13.2. The molecule has 0 aliphatic heterocycles. The summed E-state index contributed by atoms with van der Waals surface area (Å²) in [6.45, 7) is 9.23. The van der Waals surface area contributed by atoms with Gasteiger partial charge in [-0.3, -0.25) is 14.3 Å². The van der Waals surface area contributed by atoms with Gasteiger partial charge in [0.05, 0.1) is 34.4 Å². The summed E-state index contributed by atoms with van der Waals surface area (Å²) in [5.74, 6) is -1.22. The number of hydrogen-bond donors (Lipinski definition) is 1. The molecule has 7 heteroatoms. The van der Waals surface area contributed by atoms with Gasteiger partial charge in [-0.05, 0) is 46.8 Å². The largest absolute Gasteiger partial charge is 0.343 e. The fourth-order valence-corrected chi connectivity index (χ4v) is 3.66. The normalized spacial score (nSPS) is 12.1. The predicted molar refractivity (Wildman–Crippen MR) is 107 cm³/mol. The van der Waals surface area contributed by atoms with Crippen LogP contribution in [0.5, 0.6) is 0 Å². The van der Waals surface area contributed by atoms with E-state index in [-0.39, 0.29) is 6.04 Å². The molecule has 2 heterocycles. The molecule has 0 aliphatic carbocycles. The third-order valence-corrected chi connectivity index (χ3v) is 5.07. The Hall–Kier alpha value is -3.22. The lowest BCUT2D eigenvalue weighted by molar-refractivity contribution is -0.117. The fraction of sp³-hybridized carbons (Fsp3) is 0.333. The lowest BCUT2D eigenvalue weighted by atomic mass is 10.0. The van der Waals surface area contributed by atoms with Crippen LogP contribution in [-0.2, 0) is 11.8 Å². The quantitative estimate of drug-likeness (QED) is 0.546. The molecule has 28 heavy (non-hydrogen) atoms. The van der Waals surface area contributed by atoms with Crippen molar-refractivity contribution in [1.82, 2.24) is 24.9 Å². The monoisotopic (exact) mass is 379 g/mol. The van der Waals surface area contributed by atoms with E-state index in [9.17, 15) is 9.59 Å². The molecule has 1 amide bonds. The Morgan fingerprint density at radius 2 is 1.61 bits per heavy atom. The first kappa shape index (κ1) is 19.5. The number of Topliss-reactive ketones (excluding diaryl/α,β-unsaturated/α-hetero) is 1. The molecule has 0 bridgehead atoms. The summed E-state index contributed by atoms with van der Waals surface area (Å²) in [7, 11) is 1.86. The summed E-state index contributed by atoms with van der Waals surface area (Å²) in [5, 5.41) is 11.6. The third-order valence-electron chi connectivity index (χ3n) is 5.07. The van der Waals surface area contributed by atoms with Crippen LogP contribution in [0, 0.1) is 27.7 Å². The van der Waals surface area contributed by atoms with E-state index in [1.165, 1.54) is 0 Å². The van der Waals surface area contributed by atoms with Gasteiger partial charge in [-0.15, -0.1) is 0 Å². The number of aromatic nitrogens is 4. The summed E-state index contributed by atoms with van der Waals surface area (Å²) < 4.78 is 3.46. The van der Waals surface area contributed by atoms with Crippen LogP contribution in [0.1, 0.15) is 51.7 Å². The van der Waals surface area contributed by atoms with Crippen molar-refractivity contribution in [2.45, 2.75) is 40.7 Å². The lowest BCUT2D eigenvalue weighted by Gasteiger charge is -2.14. The first-order valence-electron chi connectivity index (χ1n) is 9.19. The molecule has 0 aliphatic rings. The van der Waals surface area contributed by atoms with Gasteiger partial charge in [0.15, 0.2) is 0 Å². The van der Waals surface area contributed by atoms with Gasteiger partial charge in [0.1, 0.15) is 0 Å². The van der Waals surface area contributed by atoms with Crippen molar-refractivity contribution in [3.8, 4) is 5.69 Å². The number of carbonyl (C=O) groups is 2. The third kappa shape index (κ3) is 3.35. The molecule has 1 aromatic carbocycles. The minimum absolute atomic E-state index is 0.324. The van der Waals surface area contributed by atoms with Crippen molar-refractivity contribution < 1.29 is 9.59 Å². The van der Waals surface area contributed by atoms with Crippen molar-refractivity contribution in [2.75, 3.05) is 0 Å². The fourth-order valence-electron chi connectivity index (χ4n) is 3.66. The van der Waals surface area contributed by atoms with Gasteiger partial charge in [0.2, 0.25) is 0 Å². The maximum atomic E-state index is 12.9. The highest BCUT2D eigenvalue weighted by molar-refractivity contribution is 6.43. The molecule has 1 unspecified atom stereocenters. The van der Waals surface area contributed by atoms with Crippen LogP contribution >= 0.6 is 0 Å². The van der Waals surface area contributed by atoms with Gasteiger partial charge in [-0.2, -0.15) is 10.2 Å². The standard InChI is InChI=1S/C21H25N5O2/c1-12(18-13(2)23-25(6)15(18)4)22-21(28)20(27)19-14(3)24-26(16(19)5)17-10-8-7-9-11-17/h7-12H,1-6H3,(H,22,28). The van der Waals surface area contributed by atoms with Crippen LogP contribution in [0.15, 0.2) is 30.3 Å². The average molecular weight is 379 g/mol. The highest BCUT2D eigenvalue weighted by atomic mass is 16.2. The SMILES string of the molecule is Cc1nn(-c2ccccc2)c(C)c1C(=O)C(=O)NC(C)c1c(C)nn(C)c1C. The zero-order valence-corrected chi connectivity index (χ0v) is 17.1. The molecule has 0 radical (unpaired) electrons. The van der Waals surface area contributed by atoms with Crippen molar-refractivity contribution >= 4 is 11.7 Å². The van der Waals surface area contributed by atoms with E-state index >= 15 is 0 Å². The van der Waals surface area contributed by atoms with Crippen molar-refractivity contribution in [3.63, 3.8) is 0 Å². The first-order valence-corrected chi connectivity index (χ1v) is 9.19. The zero-order chi connectivity index (χ0) is 20.6. The molecule has 0 saturated heterocycles. The molecular formula is C21H25N5O2. The lowest BCUT2D eigenvalue weighted by Crippen LogP contribution is -2.34. The maximum absolute atomic E-state index is 12.9. The number of aryl methyl sites for hydroxylation is 3. The van der Waals surface area contributed by atoms with E-state index in [1.54, 1.807) is 23.2 Å². The molecule has 1 atom stereocenters. The smallest absolute Gasteiger partial charge is 0.293 e. The van der Waals surface area contributed by atoms with Crippen LogP contribution in [0.2, 0.25) is 0 Å². The Bertz CT molecular complexity index is 1050. The van der Waals surface area contributed by atoms with Gasteiger partial charge in [0, 0.05) is 18.3 Å². The number of nitrogens with one attached hydrogen (secondary N) is 1. The maximum Gasteiger partial charge on any atom is 0.293 e. The molecule has 1 N–H and O–H groups in total. The molecule has 0 spiro atoms. The summed E-state index contributed by atoms with van der Waals surface area (Å²) in [6, 6.07) is 9.21. The zero-order valence-electron chi connectivity index (χ0n) is 17.1. The van der Waals surface area contributed by atoms with Gasteiger partial charge >= 0.3 is 0 Å². The molecule has 7 nitrogen and oxygen atoms in total. The minimum Gasteiger partial charge on any atom is -0.343 e. The van der Waals surface area contributed by atoms with Gasteiger partial charge in [-0.25, -0.2) is 4.68 Å². The van der Waals surface area contributed by atoms with Crippen LogP contribution in [0.25, 0.3) is 5.69 Å². The van der Waals surface area contributed by atoms with Crippen molar-refractivity contribution in [3.05, 3.63) is 64.2 Å². The summed E-state index contributed by atoms with van der Waals surface area (Å²) in [6.07, 6.45) is 0. The second-order valence-electron chi connectivity index (χ2n) is 7.03. The van der Waals surface area contributed by atoms with E-state index < -0.39 is 11.7 Å². The second kappa shape index (κ2) is 7.42. The Labute approximate surface area is 164 Å². The number of nitrogens with zero attached hydrogens (tertiary/aromatic N) is 4. The number of amides is 1. The van der Waals surface area contributed by atoms with Crippen molar-refractivity contribution in [1.29, 1.82) is 0 Å². The summed E-state index contributed by atoms with van der Waals surface area (Å²) >= 11 is 0. The Morgan fingerprint density at radius 1 is 0.964 bits per heavy atom. The Kier molecular flexibility index (Phi) is 5.18. The molecule has 3 aromatic rings.